The summed E-state index contributed by atoms with van der Waals surface area (Å²) in [6.45, 7) is 0. The highest BCUT2D eigenvalue weighted by molar-refractivity contribution is 7.99. The Balaban J connectivity index is 1.56. The number of carbonyl (C=O) groups is 1. The fraction of sp³-hybridized carbons (Fsp3) is 0.333. The highest BCUT2D eigenvalue weighted by Crippen LogP contribution is 2.19. The molecule has 2 aromatic rings. The molecule has 1 aromatic carbocycles. The maximum Gasteiger partial charge on any atom is 0.232 e. The van der Waals surface area contributed by atoms with Crippen molar-refractivity contribution >= 4 is 35.3 Å². The number of anilines is 3. The molecule has 9 heteroatoms. The molecule has 1 aliphatic carbocycles. The van der Waals surface area contributed by atoms with Crippen LogP contribution in [0.5, 0.6) is 0 Å². The third kappa shape index (κ3) is 5.05. The van der Waals surface area contributed by atoms with Crippen LogP contribution in [0.25, 0.3) is 0 Å². The van der Waals surface area contributed by atoms with Gasteiger partial charge in [-0.3, -0.25) is 4.79 Å². The van der Waals surface area contributed by atoms with Crippen molar-refractivity contribution < 1.29 is 9.18 Å². The lowest BCUT2D eigenvalue weighted by atomic mass is 10.3. The lowest BCUT2D eigenvalue weighted by molar-refractivity contribution is -0.118. The molecule has 0 unspecified atom stereocenters. The molecule has 0 radical (unpaired) electrons. The molecule has 0 saturated heterocycles. The molecule has 24 heavy (non-hydrogen) atoms. The van der Waals surface area contributed by atoms with Crippen LogP contribution in [-0.4, -0.2) is 32.7 Å². The lowest BCUT2D eigenvalue weighted by Crippen LogP contribution is -2.27. The Bertz CT molecular complexity index is 722. The van der Waals surface area contributed by atoms with Crippen molar-refractivity contribution in [3.8, 4) is 0 Å². The first kappa shape index (κ1) is 16.4. The second kappa shape index (κ2) is 7.43. The number of amides is 1. The number of hydrogen-bond acceptors (Lipinski definition) is 7. The Morgan fingerprint density at radius 2 is 2.00 bits per heavy atom. The number of benzene rings is 1. The normalized spacial score (nSPS) is 13.5. The highest BCUT2D eigenvalue weighted by Gasteiger charge is 2.22. The molecule has 1 heterocycles. The molecule has 0 spiro atoms. The van der Waals surface area contributed by atoms with Crippen molar-refractivity contribution in [3.63, 3.8) is 0 Å². The van der Waals surface area contributed by atoms with E-state index in [4.69, 9.17) is 5.73 Å². The van der Waals surface area contributed by atoms with Crippen LogP contribution in [0.15, 0.2) is 24.3 Å². The van der Waals surface area contributed by atoms with Gasteiger partial charge in [0, 0.05) is 11.7 Å². The molecule has 1 aliphatic rings. The number of rotatable bonds is 7. The Kier molecular flexibility index (Phi) is 5.09. The Labute approximate surface area is 142 Å². The minimum Gasteiger partial charge on any atom is -0.368 e. The van der Waals surface area contributed by atoms with Gasteiger partial charge in [0.15, 0.2) is 0 Å². The summed E-state index contributed by atoms with van der Waals surface area (Å²) in [7, 11) is 0. The van der Waals surface area contributed by atoms with E-state index in [0.717, 1.165) is 12.8 Å². The molecule has 0 atom stereocenters. The molecule has 3 rings (SSSR count). The number of carbonyl (C=O) groups excluding carboxylic acids is 1. The van der Waals surface area contributed by atoms with Crippen molar-refractivity contribution in [3.05, 3.63) is 35.9 Å². The second-order valence-electron chi connectivity index (χ2n) is 5.40. The summed E-state index contributed by atoms with van der Waals surface area (Å²) >= 11 is 1.41. The molecule has 0 aliphatic heterocycles. The number of nitrogen functional groups attached to an aromatic ring is 1. The molecule has 0 bridgehead atoms. The van der Waals surface area contributed by atoms with E-state index >= 15 is 0 Å². The Morgan fingerprint density at radius 3 is 2.71 bits per heavy atom. The van der Waals surface area contributed by atoms with Gasteiger partial charge < -0.3 is 16.4 Å². The van der Waals surface area contributed by atoms with Gasteiger partial charge in [-0.1, -0.05) is 0 Å². The van der Waals surface area contributed by atoms with E-state index in [1.807, 2.05) is 0 Å². The van der Waals surface area contributed by atoms with E-state index in [1.54, 1.807) is 12.1 Å². The zero-order valence-corrected chi connectivity index (χ0v) is 13.6. The Hall–Kier alpha value is -2.42. The predicted octanol–water partition coefficient (Wildman–Crippen LogP) is 1.85. The van der Waals surface area contributed by atoms with E-state index in [-0.39, 0.29) is 23.6 Å². The van der Waals surface area contributed by atoms with Crippen molar-refractivity contribution in [2.75, 3.05) is 16.8 Å². The molecule has 1 amide bonds. The lowest BCUT2D eigenvalue weighted by Gasteiger charge is -2.07. The maximum absolute atomic E-state index is 12.9. The number of nitrogens with one attached hydrogen (secondary N) is 2. The van der Waals surface area contributed by atoms with Crippen LogP contribution < -0.4 is 16.4 Å². The van der Waals surface area contributed by atoms with Crippen LogP contribution >= 0.6 is 11.8 Å². The van der Waals surface area contributed by atoms with Crippen molar-refractivity contribution in [2.45, 2.75) is 24.6 Å². The molecule has 1 fully saturated rings. The third-order valence-electron chi connectivity index (χ3n) is 3.21. The smallest absolute Gasteiger partial charge is 0.232 e. The maximum atomic E-state index is 12.9. The molecule has 126 valence electrons. The van der Waals surface area contributed by atoms with E-state index in [1.165, 1.54) is 23.9 Å². The van der Waals surface area contributed by atoms with Gasteiger partial charge in [0.05, 0.1) is 11.5 Å². The van der Waals surface area contributed by atoms with Gasteiger partial charge in [-0.25, -0.2) is 4.39 Å². The number of nitrogens with zero attached hydrogens (tertiary/aromatic N) is 3. The summed E-state index contributed by atoms with van der Waals surface area (Å²) in [5, 5.41) is 5.87. The fourth-order valence-corrected chi connectivity index (χ4v) is 2.64. The number of thioether (sulfide) groups is 1. The third-order valence-corrected chi connectivity index (χ3v) is 4.13. The topological polar surface area (TPSA) is 106 Å². The monoisotopic (exact) mass is 348 g/mol. The quantitative estimate of drug-likeness (QED) is 0.701. The molecular weight excluding hydrogens is 331 g/mol. The van der Waals surface area contributed by atoms with Gasteiger partial charge >= 0.3 is 0 Å². The second-order valence-corrected chi connectivity index (χ2v) is 6.39. The average Bonchev–Trinajstić information content (AvgIpc) is 3.33. The van der Waals surface area contributed by atoms with Crippen LogP contribution in [-0.2, 0) is 10.5 Å². The van der Waals surface area contributed by atoms with E-state index in [0.29, 0.717) is 29.1 Å². The van der Waals surface area contributed by atoms with Crippen molar-refractivity contribution in [2.24, 2.45) is 0 Å². The predicted molar refractivity (Wildman–Crippen MR) is 91.2 cm³/mol. The van der Waals surface area contributed by atoms with Crippen LogP contribution in [0, 0.1) is 5.82 Å². The molecular formula is C15H17FN6OS. The van der Waals surface area contributed by atoms with Crippen molar-refractivity contribution in [1.82, 2.24) is 20.3 Å². The van der Waals surface area contributed by atoms with Crippen molar-refractivity contribution in [1.29, 1.82) is 0 Å². The number of hydrogen-bond donors (Lipinski definition) is 3. The summed E-state index contributed by atoms with van der Waals surface area (Å²) in [6.07, 6.45) is 2.14. The Morgan fingerprint density at radius 1 is 1.25 bits per heavy atom. The summed E-state index contributed by atoms with van der Waals surface area (Å²) in [5.74, 6) is 1.36. The summed E-state index contributed by atoms with van der Waals surface area (Å²) < 4.78 is 12.9. The molecule has 1 aromatic heterocycles. The summed E-state index contributed by atoms with van der Waals surface area (Å²) in [4.78, 5) is 24.0. The van der Waals surface area contributed by atoms with E-state index in [9.17, 15) is 9.18 Å². The van der Waals surface area contributed by atoms with Crippen LogP contribution in [0.3, 0.4) is 0 Å². The van der Waals surface area contributed by atoms with Gasteiger partial charge in [-0.15, -0.1) is 11.8 Å². The van der Waals surface area contributed by atoms with E-state index < -0.39 is 0 Å². The van der Waals surface area contributed by atoms with Gasteiger partial charge in [0.2, 0.25) is 17.8 Å². The first-order valence-electron chi connectivity index (χ1n) is 7.48. The SMILES string of the molecule is Nc1nc(CSCC(=O)NC2CC2)nc(Nc2ccc(F)cc2)n1. The standard InChI is InChI=1S/C15H17FN6OS/c16-9-1-3-11(4-2-9)19-15-21-12(20-14(17)22-15)7-24-8-13(23)18-10-5-6-10/h1-4,10H,5-8H2,(H,18,23)(H3,17,19,20,21,22). The number of aromatic nitrogens is 3. The number of halogens is 1. The molecule has 7 nitrogen and oxygen atoms in total. The largest absolute Gasteiger partial charge is 0.368 e. The van der Waals surface area contributed by atoms with Crippen LogP contribution in [0.4, 0.5) is 22.0 Å². The van der Waals surface area contributed by atoms with Gasteiger partial charge in [0.1, 0.15) is 11.6 Å². The molecule has 1 saturated carbocycles. The minimum atomic E-state index is -0.322. The highest BCUT2D eigenvalue weighted by atomic mass is 32.2. The summed E-state index contributed by atoms with van der Waals surface area (Å²) in [6, 6.07) is 6.18. The van der Waals surface area contributed by atoms with Gasteiger partial charge in [-0.2, -0.15) is 15.0 Å². The minimum absolute atomic E-state index is 0.0224. The fourth-order valence-electron chi connectivity index (χ4n) is 1.95. The zero-order chi connectivity index (χ0) is 16.9. The van der Waals surface area contributed by atoms with E-state index in [2.05, 4.69) is 25.6 Å². The van der Waals surface area contributed by atoms with Crippen LogP contribution in [0.1, 0.15) is 18.7 Å². The van der Waals surface area contributed by atoms with Crippen LogP contribution in [0.2, 0.25) is 0 Å². The summed E-state index contributed by atoms with van der Waals surface area (Å²) in [5.41, 5.74) is 6.34. The number of nitrogens with two attached hydrogens (primary N) is 1. The van der Waals surface area contributed by atoms with Gasteiger partial charge in [-0.05, 0) is 37.1 Å². The van der Waals surface area contributed by atoms with Gasteiger partial charge in [0.25, 0.3) is 0 Å². The average molecular weight is 348 g/mol. The molecule has 4 N–H and O–H groups in total. The first-order chi connectivity index (χ1) is 11.6. The zero-order valence-electron chi connectivity index (χ0n) is 12.8. The first-order valence-corrected chi connectivity index (χ1v) is 8.64.